The lowest BCUT2D eigenvalue weighted by Crippen LogP contribution is -2.44. The third-order valence-corrected chi connectivity index (χ3v) is 6.31. The Balaban J connectivity index is 1.74. The van der Waals surface area contributed by atoms with E-state index in [0.29, 0.717) is 18.4 Å². The molecule has 156 valence electrons. The van der Waals surface area contributed by atoms with Crippen LogP contribution in [0.3, 0.4) is 0 Å². The average Bonchev–Trinajstić information content (AvgIpc) is 2.68. The number of carbonyl (C=O) groups excluding carboxylic acids is 1. The Hall–Kier alpha value is -2.53. The molecule has 1 aliphatic heterocycles. The zero-order valence-electron chi connectivity index (χ0n) is 15.4. The van der Waals surface area contributed by atoms with Gasteiger partial charge in [-0.15, -0.1) is 0 Å². The molecule has 0 radical (unpaired) electrons. The Morgan fingerprint density at radius 3 is 2.52 bits per heavy atom. The summed E-state index contributed by atoms with van der Waals surface area (Å²) in [5.41, 5.74) is -0.737. The zero-order valence-corrected chi connectivity index (χ0v) is 16.2. The van der Waals surface area contributed by atoms with Crippen molar-refractivity contribution in [2.45, 2.75) is 36.9 Å². The van der Waals surface area contributed by atoms with E-state index in [1.165, 1.54) is 35.5 Å². The number of Topliss-reactive ketones (excluding diaryl/α,β-unsaturated/α-hetero) is 1. The van der Waals surface area contributed by atoms with Crippen molar-refractivity contribution in [2.75, 3.05) is 13.1 Å². The van der Waals surface area contributed by atoms with E-state index >= 15 is 0 Å². The maximum absolute atomic E-state index is 12.9. The Bertz CT molecular complexity index is 994. The lowest BCUT2D eigenvalue weighted by Gasteiger charge is -2.31. The van der Waals surface area contributed by atoms with Gasteiger partial charge in [-0.25, -0.2) is 13.4 Å². The molecule has 7 nitrogen and oxygen atoms in total. The summed E-state index contributed by atoms with van der Waals surface area (Å²) in [6, 6.07) is 5.86. The van der Waals surface area contributed by atoms with Gasteiger partial charge >= 0.3 is 12.2 Å². The van der Waals surface area contributed by atoms with Crippen molar-refractivity contribution < 1.29 is 31.1 Å². The Morgan fingerprint density at radius 1 is 1.21 bits per heavy atom. The molecule has 0 bridgehead atoms. The molecule has 11 heteroatoms. The third kappa shape index (κ3) is 4.91. The lowest BCUT2D eigenvalue weighted by atomic mass is 10.1. The summed E-state index contributed by atoms with van der Waals surface area (Å²) < 4.78 is 70.7. The van der Waals surface area contributed by atoms with E-state index in [1.807, 2.05) is 0 Å². The number of ether oxygens (including phenoxy) is 1. The van der Waals surface area contributed by atoms with Crippen molar-refractivity contribution in [2.24, 2.45) is 0 Å². The first-order valence-corrected chi connectivity index (χ1v) is 10.2. The number of aromatic nitrogens is 2. The van der Waals surface area contributed by atoms with Gasteiger partial charge in [-0.3, -0.25) is 4.79 Å². The number of piperidine rings is 1. The molecule has 1 aliphatic rings. The van der Waals surface area contributed by atoms with Crippen LogP contribution in [0.4, 0.5) is 13.2 Å². The van der Waals surface area contributed by atoms with Crippen molar-refractivity contribution >= 4 is 15.8 Å². The smallest absolute Gasteiger partial charge is 0.433 e. The molecular formula is C18H18F3N3O4S. The predicted molar refractivity (Wildman–Crippen MR) is 95.9 cm³/mol. The quantitative estimate of drug-likeness (QED) is 0.679. The minimum Gasteiger partial charge on any atom is -0.459 e. The van der Waals surface area contributed by atoms with Crippen molar-refractivity contribution in [3.05, 3.63) is 47.8 Å². The number of sulfonamides is 1. The van der Waals surface area contributed by atoms with Crippen molar-refractivity contribution in [1.29, 1.82) is 0 Å². The summed E-state index contributed by atoms with van der Waals surface area (Å²) in [5, 5.41) is 0. The highest BCUT2D eigenvalue weighted by atomic mass is 32.2. The van der Waals surface area contributed by atoms with Crippen LogP contribution in [0.1, 0.15) is 35.8 Å². The third-order valence-electron chi connectivity index (χ3n) is 4.44. The largest absolute Gasteiger partial charge is 0.459 e. The molecule has 3 rings (SSSR count). The standard InChI is InChI=1S/C18H18F3N3O4S/c1-12(25)13-4-6-15(7-5-13)29(26,27)24-10-2-3-14(11-24)28-17-22-9-8-16(23-17)18(19,20)21/h4-9,14H,2-3,10-11H2,1H3. The predicted octanol–water partition coefficient (Wildman–Crippen LogP) is 2.93. The zero-order chi connectivity index (χ0) is 21.2. The minimum absolute atomic E-state index is 0.0264. The molecule has 1 saturated heterocycles. The fourth-order valence-corrected chi connectivity index (χ4v) is 4.44. The summed E-state index contributed by atoms with van der Waals surface area (Å²) in [5.74, 6) is -0.179. The van der Waals surface area contributed by atoms with Crippen LogP contribution < -0.4 is 4.74 Å². The molecule has 0 amide bonds. The summed E-state index contributed by atoms with van der Waals surface area (Å²) in [6.07, 6.45) is -3.45. The molecule has 0 spiro atoms. The number of carbonyl (C=O) groups is 1. The minimum atomic E-state index is -4.63. The molecule has 1 aromatic carbocycles. The number of alkyl halides is 3. The van der Waals surface area contributed by atoms with Crippen LogP contribution in [0, 0.1) is 0 Å². The highest BCUT2D eigenvalue weighted by molar-refractivity contribution is 7.89. The molecule has 0 aliphatic carbocycles. The van der Waals surface area contributed by atoms with E-state index in [-0.39, 0.29) is 23.8 Å². The summed E-state index contributed by atoms with van der Waals surface area (Å²) in [6.45, 7) is 1.59. The van der Waals surface area contributed by atoms with Crippen LogP contribution in [-0.2, 0) is 16.2 Å². The van der Waals surface area contributed by atoms with Crippen LogP contribution in [0.25, 0.3) is 0 Å². The summed E-state index contributed by atoms with van der Waals surface area (Å²) >= 11 is 0. The lowest BCUT2D eigenvalue weighted by molar-refractivity contribution is -0.141. The van der Waals surface area contributed by atoms with Crippen molar-refractivity contribution in [3.63, 3.8) is 0 Å². The second kappa shape index (κ2) is 8.07. The van der Waals surface area contributed by atoms with Gasteiger partial charge in [-0.1, -0.05) is 12.1 Å². The molecule has 2 aromatic rings. The second-order valence-corrected chi connectivity index (χ2v) is 8.49. The van der Waals surface area contributed by atoms with Gasteiger partial charge in [0.15, 0.2) is 11.5 Å². The van der Waals surface area contributed by atoms with E-state index in [2.05, 4.69) is 9.97 Å². The molecule has 0 saturated carbocycles. The van der Waals surface area contributed by atoms with Gasteiger partial charge in [-0.2, -0.15) is 22.5 Å². The number of nitrogens with zero attached hydrogens (tertiary/aromatic N) is 3. The normalized spacial score (nSPS) is 18.4. The highest BCUT2D eigenvalue weighted by Gasteiger charge is 2.34. The monoisotopic (exact) mass is 429 g/mol. The fraction of sp³-hybridized carbons (Fsp3) is 0.389. The van der Waals surface area contributed by atoms with Crippen LogP contribution in [-0.4, -0.2) is 47.7 Å². The molecule has 2 heterocycles. The number of ketones is 1. The number of benzene rings is 1. The average molecular weight is 429 g/mol. The number of rotatable bonds is 5. The van der Waals surface area contributed by atoms with E-state index in [4.69, 9.17) is 4.74 Å². The first-order valence-electron chi connectivity index (χ1n) is 8.75. The number of hydrogen-bond acceptors (Lipinski definition) is 6. The highest BCUT2D eigenvalue weighted by Crippen LogP contribution is 2.29. The van der Waals surface area contributed by atoms with Gasteiger partial charge in [0.2, 0.25) is 10.0 Å². The van der Waals surface area contributed by atoms with Gasteiger partial charge < -0.3 is 4.74 Å². The van der Waals surface area contributed by atoms with Crippen LogP contribution in [0.2, 0.25) is 0 Å². The molecule has 29 heavy (non-hydrogen) atoms. The molecule has 1 aromatic heterocycles. The van der Waals surface area contributed by atoms with E-state index in [1.54, 1.807) is 0 Å². The van der Waals surface area contributed by atoms with Crippen molar-refractivity contribution in [1.82, 2.24) is 14.3 Å². The molecule has 1 fully saturated rings. The van der Waals surface area contributed by atoms with E-state index in [0.717, 1.165) is 12.3 Å². The first-order chi connectivity index (χ1) is 13.6. The molecule has 1 atom stereocenters. The Kier molecular flexibility index (Phi) is 5.90. The van der Waals surface area contributed by atoms with Crippen LogP contribution >= 0.6 is 0 Å². The summed E-state index contributed by atoms with van der Waals surface area (Å²) in [4.78, 5) is 18.4. The van der Waals surface area contributed by atoms with Gasteiger partial charge in [0.1, 0.15) is 6.10 Å². The van der Waals surface area contributed by atoms with E-state index < -0.39 is 34.0 Å². The molecular weight excluding hydrogens is 411 g/mol. The van der Waals surface area contributed by atoms with Gasteiger partial charge in [-0.05, 0) is 38.0 Å². The topological polar surface area (TPSA) is 89.5 Å². The molecule has 1 unspecified atom stereocenters. The maximum atomic E-state index is 12.9. The first kappa shape index (κ1) is 21.2. The van der Waals surface area contributed by atoms with E-state index in [9.17, 15) is 26.4 Å². The fourth-order valence-electron chi connectivity index (χ4n) is 2.93. The molecule has 0 N–H and O–H groups in total. The summed E-state index contributed by atoms with van der Waals surface area (Å²) in [7, 11) is -3.84. The van der Waals surface area contributed by atoms with Crippen LogP contribution in [0.15, 0.2) is 41.4 Å². The van der Waals surface area contributed by atoms with Gasteiger partial charge in [0.25, 0.3) is 0 Å². The maximum Gasteiger partial charge on any atom is 0.433 e. The SMILES string of the molecule is CC(=O)c1ccc(S(=O)(=O)N2CCCC(Oc3nccc(C(F)(F)F)n3)C2)cc1. The second-order valence-electron chi connectivity index (χ2n) is 6.55. The Morgan fingerprint density at radius 2 is 1.90 bits per heavy atom. The van der Waals surface area contributed by atoms with Crippen LogP contribution in [0.5, 0.6) is 6.01 Å². The van der Waals surface area contributed by atoms with Gasteiger partial charge in [0, 0.05) is 18.3 Å². The van der Waals surface area contributed by atoms with Crippen molar-refractivity contribution in [3.8, 4) is 6.01 Å². The van der Waals surface area contributed by atoms with Gasteiger partial charge in [0.05, 0.1) is 11.4 Å². The number of halogens is 3. The number of hydrogen-bond donors (Lipinski definition) is 0. The Labute approximate surface area is 165 Å².